The number of nitrogens with zero attached hydrogens (tertiary/aromatic N) is 2. The molecule has 0 spiro atoms. The zero-order valence-electron chi connectivity index (χ0n) is 8.78. The first kappa shape index (κ1) is 10.3. The summed E-state index contributed by atoms with van der Waals surface area (Å²) in [5, 5.41) is 0. The van der Waals surface area contributed by atoms with Gasteiger partial charge < -0.3 is 14.5 Å². The van der Waals surface area contributed by atoms with Gasteiger partial charge in [-0.15, -0.1) is 0 Å². The molecule has 0 N–H and O–H groups in total. The summed E-state index contributed by atoms with van der Waals surface area (Å²) in [6.45, 7) is 2.77. The molecular formula is C9H18N2O2. The van der Waals surface area contributed by atoms with E-state index in [9.17, 15) is 4.79 Å². The van der Waals surface area contributed by atoms with E-state index in [4.69, 9.17) is 4.74 Å². The molecule has 0 aliphatic carbocycles. The van der Waals surface area contributed by atoms with Gasteiger partial charge in [-0.3, -0.25) is 0 Å². The van der Waals surface area contributed by atoms with Crippen molar-refractivity contribution < 1.29 is 9.53 Å². The normalized spacial score (nSPS) is 27.4. The van der Waals surface area contributed by atoms with Gasteiger partial charge >= 0.3 is 6.03 Å². The number of carbonyl (C=O) groups excluding carboxylic acids is 1. The highest BCUT2D eigenvalue weighted by Crippen LogP contribution is 2.18. The van der Waals surface area contributed by atoms with Crippen LogP contribution in [-0.2, 0) is 4.74 Å². The monoisotopic (exact) mass is 186 g/mol. The van der Waals surface area contributed by atoms with Gasteiger partial charge in [0.25, 0.3) is 0 Å². The summed E-state index contributed by atoms with van der Waals surface area (Å²) < 4.78 is 5.40. The fraction of sp³-hybridized carbons (Fsp3) is 0.889. The van der Waals surface area contributed by atoms with Crippen LogP contribution in [0.25, 0.3) is 0 Å². The molecule has 2 unspecified atom stereocenters. The van der Waals surface area contributed by atoms with Gasteiger partial charge in [0.15, 0.2) is 0 Å². The second-order valence-electron chi connectivity index (χ2n) is 3.72. The van der Waals surface area contributed by atoms with Crippen molar-refractivity contribution in [1.82, 2.24) is 9.80 Å². The van der Waals surface area contributed by atoms with Crippen molar-refractivity contribution in [2.24, 2.45) is 0 Å². The lowest BCUT2D eigenvalue weighted by Gasteiger charge is -2.29. The van der Waals surface area contributed by atoms with Gasteiger partial charge in [0.2, 0.25) is 0 Å². The molecule has 0 aromatic carbocycles. The van der Waals surface area contributed by atoms with Crippen molar-refractivity contribution in [1.29, 1.82) is 0 Å². The van der Waals surface area contributed by atoms with Crippen LogP contribution in [0.4, 0.5) is 4.79 Å². The van der Waals surface area contributed by atoms with Gasteiger partial charge in [-0.25, -0.2) is 4.79 Å². The Morgan fingerprint density at radius 1 is 1.38 bits per heavy atom. The molecule has 1 aliphatic heterocycles. The molecule has 0 aromatic rings. The standard InChI is InChI=1S/C9H18N2O2/c1-7-8(5-6-13-7)11(4)9(12)10(2)3/h7-8H,5-6H2,1-4H3. The topological polar surface area (TPSA) is 32.8 Å². The summed E-state index contributed by atoms with van der Waals surface area (Å²) in [4.78, 5) is 14.9. The maximum absolute atomic E-state index is 11.6. The van der Waals surface area contributed by atoms with E-state index in [0.29, 0.717) is 0 Å². The molecular weight excluding hydrogens is 168 g/mol. The Balaban J connectivity index is 2.56. The average molecular weight is 186 g/mol. The van der Waals surface area contributed by atoms with Crippen LogP contribution >= 0.6 is 0 Å². The van der Waals surface area contributed by atoms with Crippen molar-refractivity contribution in [2.75, 3.05) is 27.7 Å². The van der Waals surface area contributed by atoms with E-state index in [-0.39, 0.29) is 18.2 Å². The Hall–Kier alpha value is -0.770. The average Bonchev–Trinajstić information content (AvgIpc) is 2.48. The Morgan fingerprint density at radius 2 is 2.00 bits per heavy atom. The van der Waals surface area contributed by atoms with Crippen LogP contribution in [0.5, 0.6) is 0 Å². The van der Waals surface area contributed by atoms with Crippen LogP contribution in [-0.4, -0.2) is 55.7 Å². The Labute approximate surface area is 79.4 Å². The van der Waals surface area contributed by atoms with Crippen LogP contribution in [0.1, 0.15) is 13.3 Å². The minimum Gasteiger partial charge on any atom is -0.376 e. The van der Waals surface area contributed by atoms with Gasteiger partial charge in [0.05, 0.1) is 12.1 Å². The van der Waals surface area contributed by atoms with Gasteiger partial charge in [-0.05, 0) is 13.3 Å². The summed E-state index contributed by atoms with van der Waals surface area (Å²) in [6, 6.07) is 0.275. The molecule has 4 nitrogen and oxygen atoms in total. The minimum atomic E-state index is 0.0438. The van der Waals surface area contributed by atoms with Crippen molar-refractivity contribution in [2.45, 2.75) is 25.5 Å². The third kappa shape index (κ3) is 2.12. The number of carbonyl (C=O) groups is 1. The maximum Gasteiger partial charge on any atom is 0.319 e. The molecule has 76 valence electrons. The number of hydrogen-bond acceptors (Lipinski definition) is 2. The smallest absolute Gasteiger partial charge is 0.319 e. The Morgan fingerprint density at radius 3 is 2.38 bits per heavy atom. The lowest BCUT2D eigenvalue weighted by molar-refractivity contribution is 0.0858. The predicted octanol–water partition coefficient (Wildman–Crippen LogP) is 0.777. The number of ether oxygens (including phenoxy) is 1. The molecule has 1 heterocycles. The van der Waals surface area contributed by atoms with E-state index in [1.807, 2.05) is 14.0 Å². The first-order chi connectivity index (χ1) is 6.04. The summed E-state index contributed by atoms with van der Waals surface area (Å²) in [5.41, 5.74) is 0. The molecule has 1 aliphatic rings. The van der Waals surface area contributed by atoms with Gasteiger partial charge in [-0.2, -0.15) is 0 Å². The molecule has 1 rings (SSSR count). The third-order valence-electron chi connectivity index (χ3n) is 2.52. The first-order valence-corrected chi connectivity index (χ1v) is 4.59. The lowest BCUT2D eigenvalue weighted by atomic mass is 10.1. The summed E-state index contributed by atoms with van der Waals surface area (Å²) >= 11 is 0. The second-order valence-corrected chi connectivity index (χ2v) is 3.72. The largest absolute Gasteiger partial charge is 0.376 e. The molecule has 0 bridgehead atoms. The van der Waals surface area contributed by atoms with Gasteiger partial charge in [0.1, 0.15) is 0 Å². The fourth-order valence-corrected chi connectivity index (χ4v) is 1.69. The number of urea groups is 1. The van der Waals surface area contributed by atoms with Crippen LogP contribution < -0.4 is 0 Å². The zero-order chi connectivity index (χ0) is 10.0. The maximum atomic E-state index is 11.6. The van der Waals surface area contributed by atoms with Crippen molar-refractivity contribution in [3.05, 3.63) is 0 Å². The molecule has 0 saturated carbocycles. The van der Waals surface area contributed by atoms with E-state index in [1.54, 1.807) is 23.9 Å². The highest BCUT2D eigenvalue weighted by molar-refractivity contribution is 5.73. The molecule has 2 atom stereocenters. The summed E-state index contributed by atoms with van der Waals surface area (Å²) in [7, 11) is 5.36. The first-order valence-electron chi connectivity index (χ1n) is 4.59. The van der Waals surface area contributed by atoms with Crippen LogP contribution in [0.3, 0.4) is 0 Å². The van der Waals surface area contributed by atoms with Crippen molar-refractivity contribution in [3.8, 4) is 0 Å². The number of amides is 2. The van der Waals surface area contributed by atoms with Crippen LogP contribution in [0, 0.1) is 0 Å². The molecule has 0 radical (unpaired) electrons. The van der Waals surface area contributed by atoms with E-state index in [2.05, 4.69) is 0 Å². The highest BCUT2D eigenvalue weighted by Gasteiger charge is 2.30. The highest BCUT2D eigenvalue weighted by atomic mass is 16.5. The zero-order valence-corrected chi connectivity index (χ0v) is 8.78. The van der Waals surface area contributed by atoms with E-state index in [1.165, 1.54) is 0 Å². The molecule has 1 fully saturated rings. The molecule has 4 heteroatoms. The van der Waals surface area contributed by atoms with Crippen LogP contribution in [0.2, 0.25) is 0 Å². The third-order valence-corrected chi connectivity index (χ3v) is 2.52. The van der Waals surface area contributed by atoms with Crippen molar-refractivity contribution >= 4 is 6.03 Å². The SMILES string of the molecule is CC1OCCC1N(C)C(=O)N(C)C. The van der Waals surface area contributed by atoms with Crippen molar-refractivity contribution in [3.63, 3.8) is 0 Å². The fourth-order valence-electron chi connectivity index (χ4n) is 1.69. The van der Waals surface area contributed by atoms with E-state index in [0.717, 1.165) is 13.0 Å². The molecule has 2 amide bonds. The van der Waals surface area contributed by atoms with E-state index < -0.39 is 0 Å². The van der Waals surface area contributed by atoms with Gasteiger partial charge in [-0.1, -0.05) is 0 Å². The number of rotatable bonds is 1. The number of likely N-dealkylation sites (N-methyl/N-ethyl adjacent to an activating group) is 1. The summed E-state index contributed by atoms with van der Waals surface area (Å²) in [5.74, 6) is 0. The van der Waals surface area contributed by atoms with Crippen LogP contribution in [0.15, 0.2) is 0 Å². The molecule has 1 saturated heterocycles. The van der Waals surface area contributed by atoms with E-state index >= 15 is 0 Å². The lowest BCUT2D eigenvalue weighted by Crippen LogP contribution is -2.45. The molecule has 13 heavy (non-hydrogen) atoms. The second kappa shape index (κ2) is 3.96. The van der Waals surface area contributed by atoms with Gasteiger partial charge in [0, 0.05) is 27.7 Å². The minimum absolute atomic E-state index is 0.0438. The Kier molecular flexibility index (Phi) is 3.14. The molecule has 0 aromatic heterocycles. The quantitative estimate of drug-likeness (QED) is 0.606. The number of hydrogen-bond donors (Lipinski definition) is 0. The summed E-state index contributed by atoms with van der Waals surface area (Å²) in [6.07, 6.45) is 1.10. The Bertz CT molecular complexity index is 194. The predicted molar refractivity (Wildman–Crippen MR) is 50.7 cm³/mol.